The van der Waals surface area contributed by atoms with E-state index < -0.39 is 0 Å². The maximum absolute atomic E-state index is 12.1. The van der Waals surface area contributed by atoms with Crippen molar-refractivity contribution in [1.29, 1.82) is 0 Å². The molecule has 0 N–H and O–H groups in total. The zero-order valence-electron chi connectivity index (χ0n) is 13.9. The topological polar surface area (TPSA) is 23.6 Å². The highest BCUT2D eigenvalue weighted by Crippen LogP contribution is 2.38. The highest BCUT2D eigenvalue weighted by Gasteiger charge is 2.32. The second-order valence-electron chi connectivity index (χ2n) is 6.23. The number of hydrogen-bond donors (Lipinski definition) is 0. The fourth-order valence-corrected chi connectivity index (χ4v) is 3.79. The fourth-order valence-electron chi connectivity index (χ4n) is 2.57. The number of carbonyl (C=O) groups is 1. The summed E-state index contributed by atoms with van der Waals surface area (Å²) in [6.45, 7) is 6.28. The SMILES string of the molecule is CC(C)c1ccc(C2SCC(=O)N2CCCN(C)C)cc1.Cl. The monoisotopic (exact) mass is 342 g/mol. The van der Waals surface area contributed by atoms with Crippen LogP contribution in [-0.4, -0.2) is 48.6 Å². The Hall–Kier alpha value is -0.710. The molecule has 1 saturated heterocycles. The van der Waals surface area contributed by atoms with Gasteiger partial charge in [0.25, 0.3) is 0 Å². The third kappa shape index (κ3) is 4.90. The summed E-state index contributed by atoms with van der Waals surface area (Å²) in [5, 5.41) is 0.195. The van der Waals surface area contributed by atoms with E-state index in [9.17, 15) is 4.79 Å². The van der Waals surface area contributed by atoms with E-state index in [4.69, 9.17) is 0 Å². The van der Waals surface area contributed by atoms with E-state index in [1.807, 2.05) is 4.90 Å². The normalized spacial score (nSPS) is 18.2. The lowest BCUT2D eigenvalue weighted by Gasteiger charge is -2.25. The molecule has 22 heavy (non-hydrogen) atoms. The summed E-state index contributed by atoms with van der Waals surface area (Å²) >= 11 is 1.75. The van der Waals surface area contributed by atoms with Gasteiger partial charge >= 0.3 is 0 Å². The molecule has 2 rings (SSSR count). The number of halogens is 1. The summed E-state index contributed by atoms with van der Waals surface area (Å²) < 4.78 is 0. The minimum atomic E-state index is 0. The first kappa shape index (κ1) is 19.3. The Kier molecular flexibility index (Phi) is 7.74. The molecule has 1 aliphatic rings. The van der Waals surface area contributed by atoms with Crippen molar-refractivity contribution < 1.29 is 4.79 Å². The molecular weight excluding hydrogens is 316 g/mol. The van der Waals surface area contributed by atoms with Gasteiger partial charge in [-0.05, 0) is 44.1 Å². The van der Waals surface area contributed by atoms with Gasteiger partial charge in [-0.1, -0.05) is 38.1 Å². The molecule has 0 saturated carbocycles. The molecule has 0 radical (unpaired) electrons. The molecule has 0 spiro atoms. The standard InChI is InChI=1S/C17H26N2OS.ClH/c1-13(2)14-6-8-15(9-7-14)17-19(16(20)12-21-17)11-5-10-18(3)4;/h6-9,13,17H,5,10-12H2,1-4H3;1H. The molecule has 1 aromatic rings. The van der Waals surface area contributed by atoms with Crippen molar-refractivity contribution in [3.63, 3.8) is 0 Å². The molecule has 0 bridgehead atoms. The molecular formula is C17H27ClN2OS. The summed E-state index contributed by atoms with van der Waals surface area (Å²) in [4.78, 5) is 16.3. The number of thioether (sulfide) groups is 1. The van der Waals surface area contributed by atoms with E-state index in [2.05, 4.69) is 57.1 Å². The van der Waals surface area contributed by atoms with Gasteiger partial charge in [0.2, 0.25) is 5.91 Å². The average Bonchev–Trinajstić information content (AvgIpc) is 2.80. The number of carbonyl (C=O) groups excluding carboxylic acids is 1. The number of benzene rings is 1. The van der Waals surface area contributed by atoms with Crippen LogP contribution in [0.15, 0.2) is 24.3 Å². The highest BCUT2D eigenvalue weighted by atomic mass is 35.5. The van der Waals surface area contributed by atoms with Crippen LogP contribution in [0.3, 0.4) is 0 Å². The molecule has 3 nitrogen and oxygen atoms in total. The van der Waals surface area contributed by atoms with E-state index in [-0.39, 0.29) is 23.7 Å². The Morgan fingerprint density at radius 2 is 1.91 bits per heavy atom. The zero-order chi connectivity index (χ0) is 15.4. The van der Waals surface area contributed by atoms with Crippen molar-refractivity contribution in [1.82, 2.24) is 9.80 Å². The second-order valence-corrected chi connectivity index (χ2v) is 7.30. The Bertz CT molecular complexity index is 476. The molecule has 5 heteroatoms. The summed E-state index contributed by atoms with van der Waals surface area (Å²) in [5.74, 6) is 1.43. The molecule has 1 unspecified atom stereocenters. The van der Waals surface area contributed by atoms with Crippen molar-refractivity contribution >= 4 is 30.1 Å². The summed E-state index contributed by atoms with van der Waals surface area (Å²) in [6.07, 6.45) is 1.03. The third-order valence-electron chi connectivity index (χ3n) is 3.86. The van der Waals surface area contributed by atoms with Crippen LogP contribution in [-0.2, 0) is 4.79 Å². The maximum Gasteiger partial charge on any atom is 0.233 e. The van der Waals surface area contributed by atoms with Crippen molar-refractivity contribution in [3.05, 3.63) is 35.4 Å². The van der Waals surface area contributed by atoms with Crippen LogP contribution >= 0.6 is 24.2 Å². The average molecular weight is 343 g/mol. The summed E-state index contributed by atoms with van der Waals surface area (Å²) in [7, 11) is 4.14. The smallest absolute Gasteiger partial charge is 0.233 e. The van der Waals surface area contributed by atoms with Gasteiger partial charge < -0.3 is 9.80 Å². The predicted octanol–water partition coefficient (Wildman–Crippen LogP) is 3.76. The van der Waals surface area contributed by atoms with Gasteiger partial charge in [-0.15, -0.1) is 24.2 Å². The van der Waals surface area contributed by atoms with Crippen molar-refractivity contribution in [3.8, 4) is 0 Å². The zero-order valence-corrected chi connectivity index (χ0v) is 15.5. The fraction of sp³-hybridized carbons (Fsp3) is 0.588. The van der Waals surface area contributed by atoms with Crippen LogP contribution in [0.4, 0.5) is 0 Å². The quantitative estimate of drug-likeness (QED) is 0.786. The van der Waals surface area contributed by atoms with E-state index in [1.54, 1.807) is 11.8 Å². The van der Waals surface area contributed by atoms with E-state index in [0.29, 0.717) is 11.7 Å². The number of hydrogen-bond acceptors (Lipinski definition) is 3. The van der Waals surface area contributed by atoms with Crippen LogP contribution in [0.5, 0.6) is 0 Å². The Morgan fingerprint density at radius 1 is 1.27 bits per heavy atom. The third-order valence-corrected chi connectivity index (χ3v) is 5.12. The lowest BCUT2D eigenvalue weighted by Crippen LogP contribution is -2.31. The first-order valence-electron chi connectivity index (χ1n) is 7.64. The van der Waals surface area contributed by atoms with E-state index in [1.165, 1.54) is 11.1 Å². The van der Waals surface area contributed by atoms with Crippen LogP contribution in [0.2, 0.25) is 0 Å². The molecule has 1 aromatic carbocycles. The minimum Gasteiger partial charge on any atom is -0.326 e. The van der Waals surface area contributed by atoms with Gasteiger partial charge in [-0.25, -0.2) is 0 Å². The van der Waals surface area contributed by atoms with Gasteiger partial charge in [-0.2, -0.15) is 0 Å². The molecule has 1 aliphatic heterocycles. The highest BCUT2D eigenvalue weighted by molar-refractivity contribution is 8.00. The maximum atomic E-state index is 12.1. The van der Waals surface area contributed by atoms with Crippen LogP contribution in [0, 0.1) is 0 Å². The van der Waals surface area contributed by atoms with Gasteiger partial charge in [0.15, 0.2) is 0 Å². The van der Waals surface area contributed by atoms with Crippen LogP contribution in [0.25, 0.3) is 0 Å². The van der Waals surface area contributed by atoms with Crippen molar-refractivity contribution in [2.45, 2.75) is 31.6 Å². The summed E-state index contributed by atoms with van der Waals surface area (Å²) in [5.41, 5.74) is 2.60. The van der Waals surface area contributed by atoms with Gasteiger partial charge in [0, 0.05) is 6.54 Å². The molecule has 124 valence electrons. The van der Waals surface area contributed by atoms with Crippen molar-refractivity contribution in [2.75, 3.05) is 32.9 Å². The lowest BCUT2D eigenvalue weighted by atomic mass is 10.0. The molecule has 0 aromatic heterocycles. The van der Waals surface area contributed by atoms with E-state index >= 15 is 0 Å². The van der Waals surface area contributed by atoms with Crippen molar-refractivity contribution in [2.24, 2.45) is 0 Å². The molecule has 1 fully saturated rings. The lowest BCUT2D eigenvalue weighted by molar-refractivity contribution is -0.128. The number of amides is 1. The second kappa shape index (κ2) is 8.80. The first-order chi connectivity index (χ1) is 9.99. The van der Waals surface area contributed by atoms with Crippen LogP contribution < -0.4 is 0 Å². The number of rotatable bonds is 6. The Morgan fingerprint density at radius 3 is 2.45 bits per heavy atom. The minimum absolute atomic E-state index is 0. The molecule has 1 amide bonds. The molecule has 1 heterocycles. The summed E-state index contributed by atoms with van der Waals surface area (Å²) in [6, 6.07) is 8.76. The van der Waals surface area contributed by atoms with E-state index in [0.717, 1.165) is 19.5 Å². The van der Waals surface area contributed by atoms with Gasteiger partial charge in [0.1, 0.15) is 5.37 Å². The van der Waals surface area contributed by atoms with Gasteiger partial charge in [-0.3, -0.25) is 4.79 Å². The Labute approximate surface area is 144 Å². The Balaban J connectivity index is 0.00000242. The molecule has 1 atom stereocenters. The predicted molar refractivity (Wildman–Crippen MR) is 97.9 cm³/mol. The largest absolute Gasteiger partial charge is 0.326 e. The molecule has 0 aliphatic carbocycles. The van der Waals surface area contributed by atoms with Gasteiger partial charge in [0.05, 0.1) is 5.75 Å². The number of nitrogens with zero attached hydrogens (tertiary/aromatic N) is 2. The first-order valence-corrected chi connectivity index (χ1v) is 8.69. The van der Waals surface area contributed by atoms with Crippen LogP contribution in [0.1, 0.15) is 42.7 Å².